The second-order valence-electron chi connectivity index (χ2n) is 15.9. The molecule has 7 aromatic carbocycles. The molecule has 0 saturated carbocycles. The standard InChI is InChI=1S/C59H42N4/c1-41-19-7-6-18-34-62(59-38-48(42-20-8-2-9-21-42)37-53(61-59)43-22-10-3-11-23-43)56-32-30-46(35-51(41)56)47-31-33-58-52(36-47)50-28-16-17-29-57(50)63(58)49-39-54(44-24-12-4-13-25-44)60-55(40-49)45-26-14-5-15-27-45/h2-33,35-40H,1,34H2/b18-6-,19-7-. The van der Waals surface area contributed by atoms with Gasteiger partial charge >= 0.3 is 0 Å². The van der Waals surface area contributed by atoms with Gasteiger partial charge < -0.3 is 9.47 Å². The van der Waals surface area contributed by atoms with E-state index in [-0.39, 0.29) is 0 Å². The van der Waals surface area contributed by atoms with Gasteiger partial charge in [-0.25, -0.2) is 9.97 Å². The number of benzene rings is 7. The van der Waals surface area contributed by atoms with Gasteiger partial charge in [0.25, 0.3) is 0 Å². The molecule has 0 radical (unpaired) electrons. The Morgan fingerprint density at radius 2 is 0.968 bits per heavy atom. The van der Waals surface area contributed by atoms with Gasteiger partial charge in [-0.05, 0) is 82.4 Å². The van der Waals surface area contributed by atoms with Gasteiger partial charge in [-0.1, -0.05) is 183 Å². The van der Waals surface area contributed by atoms with Crippen molar-refractivity contribution < 1.29 is 0 Å². The lowest BCUT2D eigenvalue weighted by Gasteiger charge is -2.27. The molecule has 63 heavy (non-hydrogen) atoms. The van der Waals surface area contributed by atoms with Gasteiger partial charge in [-0.2, -0.15) is 0 Å². The van der Waals surface area contributed by atoms with Crippen molar-refractivity contribution in [2.24, 2.45) is 0 Å². The number of anilines is 2. The Balaban J connectivity index is 1.05. The highest BCUT2D eigenvalue weighted by Gasteiger charge is 2.21. The third kappa shape index (κ3) is 7.24. The van der Waals surface area contributed by atoms with Crippen molar-refractivity contribution in [3.63, 3.8) is 0 Å². The summed E-state index contributed by atoms with van der Waals surface area (Å²) in [6.07, 6.45) is 8.47. The first-order valence-electron chi connectivity index (χ1n) is 21.4. The van der Waals surface area contributed by atoms with Gasteiger partial charge in [-0.3, -0.25) is 0 Å². The van der Waals surface area contributed by atoms with E-state index in [0.29, 0.717) is 6.54 Å². The van der Waals surface area contributed by atoms with Crippen molar-refractivity contribution >= 4 is 38.9 Å². The van der Waals surface area contributed by atoms with E-state index >= 15 is 0 Å². The predicted molar refractivity (Wildman–Crippen MR) is 264 cm³/mol. The van der Waals surface area contributed by atoms with E-state index in [9.17, 15) is 0 Å². The molecule has 10 aromatic rings. The largest absolute Gasteiger partial charge is 0.322 e. The lowest BCUT2D eigenvalue weighted by Crippen LogP contribution is -2.20. The van der Waals surface area contributed by atoms with Crippen LogP contribution in [0.25, 0.3) is 89.1 Å². The lowest BCUT2D eigenvalue weighted by molar-refractivity contribution is 1.05. The number of hydrogen-bond acceptors (Lipinski definition) is 3. The van der Waals surface area contributed by atoms with Crippen LogP contribution in [0.4, 0.5) is 11.5 Å². The predicted octanol–water partition coefficient (Wildman–Crippen LogP) is 15.2. The fourth-order valence-corrected chi connectivity index (χ4v) is 8.83. The minimum absolute atomic E-state index is 0.641. The van der Waals surface area contributed by atoms with Gasteiger partial charge in [0.05, 0.1) is 39.5 Å². The van der Waals surface area contributed by atoms with Crippen LogP contribution >= 0.6 is 0 Å². The molecule has 0 saturated heterocycles. The number of rotatable bonds is 7. The quantitative estimate of drug-likeness (QED) is 0.161. The van der Waals surface area contributed by atoms with Crippen molar-refractivity contribution in [2.45, 2.75) is 0 Å². The molecule has 0 unspecified atom stereocenters. The van der Waals surface area contributed by atoms with Crippen LogP contribution in [-0.2, 0) is 0 Å². The first kappa shape index (κ1) is 37.6. The van der Waals surface area contributed by atoms with E-state index in [1.807, 2.05) is 18.2 Å². The van der Waals surface area contributed by atoms with Crippen molar-refractivity contribution in [2.75, 3.05) is 11.4 Å². The van der Waals surface area contributed by atoms with Crippen molar-refractivity contribution in [1.82, 2.24) is 14.5 Å². The summed E-state index contributed by atoms with van der Waals surface area (Å²) in [5, 5.41) is 2.38. The van der Waals surface area contributed by atoms with Gasteiger partial charge in [-0.15, -0.1) is 0 Å². The fraction of sp³-hybridized carbons (Fsp3) is 0.0169. The second kappa shape index (κ2) is 16.3. The van der Waals surface area contributed by atoms with E-state index in [4.69, 9.17) is 9.97 Å². The molecule has 0 spiro atoms. The molecular formula is C59H42N4. The van der Waals surface area contributed by atoms with Crippen LogP contribution in [0.3, 0.4) is 0 Å². The molecule has 4 heteroatoms. The molecule has 4 nitrogen and oxygen atoms in total. The monoisotopic (exact) mass is 806 g/mol. The van der Waals surface area contributed by atoms with Gasteiger partial charge in [0.15, 0.2) is 0 Å². The summed E-state index contributed by atoms with van der Waals surface area (Å²) >= 11 is 0. The van der Waals surface area contributed by atoms with Crippen LogP contribution in [0, 0.1) is 0 Å². The number of para-hydroxylation sites is 1. The number of hydrogen-bond donors (Lipinski definition) is 0. The van der Waals surface area contributed by atoms with Gasteiger partial charge in [0, 0.05) is 39.6 Å². The summed E-state index contributed by atoms with van der Waals surface area (Å²) in [7, 11) is 0. The Morgan fingerprint density at radius 1 is 0.413 bits per heavy atom. The van der Waals surface area contributed by atoms with Crippen LogP contribution in [0.1, 0.15) is 5.56 Å². The molecule has 3 aromatic heterocycles. The van der Waals surface area contributed by atoms with Crippen LogP contribution in [0.2, 0.25) is 0 Å². The summed E-state index contributed by atoms with van der Waals surface area (Å²) in [4.78, 5) is 12.8. The Labute approximate surface area is 367 Å². The molecule has 1 aliphatic heterocycles. The van der Waals surface area contributed by atoms with E-state index in [1.165, 1.54) is 10.8 Å². The Hall–Kier alpha value is -8.34. The fourth-order valence-electron chi connectivity index (χ4n) is 8.83. The Kier molecular flexibility index (Phi) is 9.72. The van der Waals surface area contributed by atoms with E-state index < -0.39 is 0 Å². The van der Waals surface area contributed by atoms with Crippen LogP contribution < -0.4 is 4.90 Å². The average Bonchev–Trinajstić information content (AvgIpc) is 3.72. The first-order chi connectivity index (χ1) is 31.1. The van der Waals surface area contributed by atoms with Crippen LogP contribution in [0.5, 0.6) is 0 Å². The van der Waals surface area contributed by atoms with E-state index in [1.54, 1.807) is 0 Å². The number of pyridine rings is 2. The van der Waals surface area contributed by atoms with Gasteiger partial charge in [0.2, 0.25) is 0 Å². The van der Waals surface area contributed by atoms with E-state index in [2.05, 4.69) is 228 Å². The molecule has 0 atom stereocenters. The molecular weight excluding hydrogens is 765 g/mol. The maximum atomic E-state index is 5.33. The summed E-state index contributed by atoms with van der Waals surface area (Å²) < 4.78 is 2.39. The van der Waals surface area contributed by atoms with Crippen molar-refractivity contribution in [1.29, 1.82) is 0 Å². The van der Waals surface area contributed by atoms with Crippen LogP contribution in [0.15, 0.2) is 237 Å². The van der Waals surface area contributed by atoms with Gasteiger partial charge in [0.1, 0.15) is 5.82 Å². The Morgan fingerprint density at radius 3 is 1.63 bits per heavy atom. The zero-order valence-electron chi connectivity index (χ0n) is 34.6. The zero-order valence-corrected chi connectivity index (χ0v) is 34.6. The number of aromatic nitrogens is 3. The lowest BCUT2D eigenvalue weighted by atomic mass is 9.96. The minimum atomic E-state index is 0.641. The average molecular weight is 807 g/mol. The molecule has 0 aliphatic carbocycles. The molecule has 298 valence electrons. The molecule has 0 bridgehead atoms. The summed E-state index contributed by atoms with van der Waals surface area (Å²) in [5.74, 6) is 0.875. The summed E-state index contributed by atoms with van der Waals surface area (Å²) in [5.41, 5.74) is 16.9. The third-order valence-corrected chi connectivity index (χ3v) is 11.9. The SMILES string of the molecule is C=C1/C=C\C=C/CN(c2cc(-c3ccccc3)cc(-c3ccccc3)n2)c2ccc(-c3ccc4c(c3)c3ccccc3n4-c3cc(-c4ccccc4)nc(-c4ccccc4)c3)cc21. The maximum absolute atomic E-state index is 5.33. The third-order valence-electron chi connectivity index (χ3n) is 11.9. The van der Waals surface area contributed by atoms with Crippen molar-refractivity contribution in [3.05, 3.63) is 243 Å². The molecule has 0 N–H and O–H groups in total. The summed E-state index contributed by atoms with van der Waals surface area (Å²) in [6, 6.07) is 73.1. The van der Waals surface area contributed by atoms with E-state index in [0.717, 1.165) is 95.4 Å². The Bertz CT molecular complexity index is 3250. The highest BCUT2D eigenvalue weighted by Crippen LogP contribution is 2.41. The molecule has 11 rings (SSSR count). The zero-order chi connectivity index (χ0) is 42.1. The normalized spacial score (nSPS) is 13.6. The number of allylic oxidation sites excluding steroid dienone is 4. The topological polar surface area (TPSA) is 34.0 Å². The number of fused-ring (bicyclic) bond motifs is 4. The molecule has 0 amide bonds. The van der Waals surface area contributed by atoms with Crippen LogP contribution in [-0.4, -0.2) is 21.1 Å². The number of nitrogens with zero attached hydrogens (tertiary/aromatic N) is 4. The molecule has 4 heterocycles. The second-order valence-corrected chi connectivity index (χ2v) is 15.9. The first-order valence-corrected chi connectivity index (χ1v) is 21.4. The smallest absolute Gasteiger partial charge is 0.134 e. The minimum Gasteiger partial charge on any atom is -0.322 e. The maximum Gasteiger partial charge on any atom is 0.134 e. The highest BCUT2D eigenvalue weighted by atomic mass is 15.2. The molecule has 1 aliphatic rings. The molecule has 0 fully saturated rings. The summed E-state index contributed by atoms with van der Waals surface area (Å²) in [6.45, 7) is 5.24. The highest BCUT2D eigenvalue weighted by molar-refractivity contribution is 6.10. The van der Waals surface area contributed by atoms with Crippen molar-refractivity contribution in [3.8, 4) is 61.7 Å².